The number of rotatable bonds is 3. The third kappa shape index (κ3) is 2.99. The highest BCUT2D eigenvalue weighted by atomic mass is 16.4. The Morgan fingerprint density at radius 2 is 1.86 bits per heavy atom. The second-order valence-electron chi connectivity index (χ2n) is 5.11. The van der Waals surface area contributed by atoms with Crippen molar-refractivity contribution in [1.82, 2.24) is 15.0 Å². The highest BCUT2D eigenvalue weighted by Crippen LogP contribution is 2.29. The number of anilines is 1. The molecule has 3 heterocycles. The molecule has 0 amide bonds. The number of hydrogen-bond acceptors (Lipinski definition) is 5. The summed E-state index contributed by atoms with van der Waals surface area (Å²) in [5.41, 5.74) is 1.31. The lowest BCUT2D eigenvalue weighted by Gasteiger charge is -2.32. The normalized spacial score (nSPS) is 15.9. The molecule has 0 spiro atoms. The Balaban J connectivity index is 1.64. The zero-order valence-corrected chi connectivity index (χ0v) is 11.5. The predicted octanol–water partition coefficient (Wildman–Crippen LogP) is 1.95. The summed E-state index contributed by atoms with van der Waals surface area (Å²) in [4.78, 5) is 25.1. The summed E-state index contributed by atoms with van der Waals surface area (Å²) in [6, 6.07) is 4.14. The molecule has 0 saturated carbocycles. The van der Waals surface area contributed by atoms with E-state index in [4.69, 9.17) is 5.11 Å². The Bertz CT molecular complexity index is 607. The van der Waals surface area contributed by atoms with Crippen molar-refractivity contribution in [2.45, 2.75) is 18.8 Å². The van der Waals surface area contributed by atoms with E-state index >= 15 is 0 Å². The van der Waals surface area contributed by atoms with Crippen LogP contribution in [0, 0.1) is 0 Å². The fraction of sp³-hybridized carbons (Fsp3) is 0.333. The molecule has 0 unspecified atom stereocenters. The van der Waals surface area contributed by atoms with Crippen molar-refractivity contribution < 1.29 is 9.90 Å². The minimum Gasteiger partial charge on any atom is -0.476 e. The van der Waals surface area contributed by atoms with Crippen LogP contribution in [0.4, 0.5) is 5.82 Å². The maximum atomic E-state index is 10.8. The van der Waals surface area contributed by atoms with Crippen molar-refractivity contribution in [3.63, 3.8) is 0 Å². The summed E-state index contributed by atoms with van der Waals surface area (Å²) in [6.07, 6.45) is 8.61. The Kier molecular flexibility index (Phi) is 3.77. The van der Waals surface area contributed by atoms with Gasteiger partial charge in [0.25, 0.3) is 0 Å². The first-order chi connectivity index (χ1) is 10.2. The number of aromatic nitrogens is 3. The van der Waals surface area contributed by atoms with Crippen LogP contribution >= 0.6 is 0 Å². The van der Waals surface area contributed by atoms with Crippen molar-refractivity contribution in [3.05, 3.63) is 48.2 Å². The largest absolute Gasteiger partial charge is 0.476 e. The molecule has 1 aliphatic rings. The van der Waals surface area contributed by atoms with Crippen LogP contribution in [0.1, 0.15) is 34.8 Å². The molecule has 6 nitrogen and oxygen atoms in total. The summed E-state index contributed by atoms with van der Waals surface area (Å²) in [6.45, 7) is 1.79. The number of aromatic carboxylic acids is 1. The topological polar surface area (TPSA) is 79.2 Å². The number of pyridine rings is 1. The van der Waals surface area contributed by atoms with Crippen molar-refractivity contribution in [3.8, 4) is 0 Å². The molecule has 1 fully saturated rings. The van der Waals surface area contributed by atoms with E-state index < -0.39 is 5.97 Å². The molecule has 1 saturated heterocycles. The van der Waals surface area contributed by atoms with Gasteiger partial charge in [-0.1, -0.05) is 0 Å². The first-order valence-electron chi connectivity index (χ1n) is 6.94. The van der Waals surface area contributed by atoms with Crippen LogP contribution in [-0.4, -0.2) is 39.1 Å². The van der Waals surface area contributed by atoms with Gasteiger partial charge in [0, 0.05) is 25.5 Å². The first-order valence-corrected chi connectivity index (χ1v) is 6.94. The zero-order valence-electron chi connectivity index (χ0n) is 11.5. The molecule has 0 aliphatic carbocycles. The third-order valence-electron chi connectivity index (χ3n) is 3.85. The molecule has 1 N–H and O–H groups in total. The monoisotopic (exact) mass is 284 g/mol. The summed E-state index contributed by atoms with van der Waals surface area (Å²) < 4.78 is 0. The highest BCUT2D eigenvalue weighted by Gasteiger charge is 2.21. The number of carbonyl (C=O) groups is 1. The van der Waals surface area contributed by atoms with E-state index in [9.17, 15) is 4.79 Å². The molecular formula is C15H16N4O2. The van der Waals surface area contributed by atoms with Gasteiger partial charge < -0.3 is 10.0 Å². The van der Waals surface area contributed by atoms with Gasteiger partial charge in [-0.3, -0.25) is 4.98 Å². The van der Waals surface area contributed by atoms with Gasteiger partial charge in [0.05, 0.1) is 12.4 Å². The van der Waals surface area contributed by atoms with Gasteiger partial charge in [0.2, 0.25) is 0 Å². The minimum absolute atomic E-state index is 0.0228. The maximum Gasteiger partial charge on any atom is 0.356 e. The second kappa shape index (κ2) is 5.87. The smallest absolute Gasteiger partial charge is 0.356 e. The molecule has 0 radical (unpaired) electrons. The van der Waals surface area contributed by atoms with E-state index in [0.717, 1.165) is 31.7 Å². The minimum atomic E-state index is -1.05. The molecule has 3 rings (SSSR count). The molecule has 1 aliphatic heterocycles. The molecule has 6 heteroatoms. The van der Waals surface area contributed by atoms with Crippen molar-refractivity contribution >= 4 is 11.8 Å². The Labute approximate surface area is 122 Å². The van der Waals surface area contributed by atoms with E-state index in [2.05, 4.69) is 32.0 Å². The van der Waals surface area contributed by atoms with Crippen molar-refractivity contribution in [1.29, 1.82) is 0 Å². The van der Waals surface area contributed by atoms with Gasteiger partial charge in [-0.2, -0.15) is 0 Å². The maximum absolute atomic E-state index is 10.8. The van der Waals surface area contributed by atoms with E-state index in [1.54, 1.807) is 0 Å². The Hall–Kier alpha value is -2.50. The second-order valence-corrected chi connectivity index (χ2v) is 5.11. The van der Waals surface area contributed by atoms with E-state index in [1.165, 1.54) is 18.0 Å². The van der Waals surface area contributed by atoms with Crippen LogP contribution in [0.2, 0.25) is 0 Å². The van der Waals surface area contributed by atoms with Crippen LogP contribution in [-0.2, 0) is 0 Å². The molecular weight excluding hydrogens is 268 g/mol. The average Bonchev–Trinajstić information content (AvgIpc) is 2.56. The lowest BCUT2D eigenvalue weighted by Crippen LogP contribution is -2.33. The summed E-state index contributed by atoms with van der Waals surface area (Å²) in [5.74, 6) is 0.245. The average molecular weight is 284 g/mol. The molecule has 0 aromatic carbocycles. The van der Waals surface area contributed by atoms with Crippen molar-refractivity contribution in [2.75, 3.05) is 18.0 Å². The molecule has 2 aromatic rings. The van der Waals surface area contributed by atoms with Crippen LogP contribution in [0.3, 0.4) is 0 Å². The fourth-order valence-electron chi connectivity index (χ4n) is 2.67. The van der Waals surface area contributed by atoms with Gasteiger partial charge in [-0.25, -0.2) is 14.8 Å². The van der Waals surface area contributed by atoms with E-state index in [-0.39, 0.29) is 5.69 Å². The lowest BCUT2D eigenvalue weighted by molar-refractivity contribution is 0.0690. The van der Waals surface area contributed by atoms with E-state index in [0.29, 0.717) is 5.92 Å². The molecule has 0 bridgehead atoms. The molecule has 2 aromatic heterocycles. The number of carboxylic acid groups (broad SMARTS) is 1. The summed E-state index contributed by atoms with van der Waals surface area (Å²) >= 11 is 0. The predicted molar refractivity (Wildman–Crippen MR) is 77.4 cm³/mol. The quantitative estimate of drug-likeness (QED) is 0.928. The number of hydrogen-bond donors (Lipinski definition) is 1. The van der Waals surface area contributed by atoms with Gasteiger partial charge in [-0.05, 0) is 36.5 Å². The summed E-state index contributed by atoms with van der Waals surface area (Å²) in [7, 11) is 0. The summed E-state index contributed by atoms with van der Waals surface area (Å²) in [5, 5.41) is 8.83. The molecule has 108 valence electrons. The highest BCUT2D eigenvalue weighted by molar-refractivity contribution is 5.84. The zero-order chi connectivity index (χ0) is 14.7. The molecule has 0 atom stereocenters. The standard InChI is InChI=1S/C15H16N4O2/c20-15(21)13-9-18-14(10-17-13)19-7-3-12(4-8-19)11-1-5-16-6-2-11/h1-2,5-6,9-10,12H,3-4,7-8H2,(H,20,21). The lowest BCUT2D eigenvalue weighted by atomic mass is 9.90. The Morgan fingerprint density at radius 3 is 2.43 bits per heavy atom. The van der Waals surface area contributed by atoms with Crippen LogP contribution in [0.5, 0.6) is 0 Å². The van der Waals surface area contributed by atoms with Gasteiger partial charge in [0.1, 0.15) is 5.82 Å². The van der Waals surface area contributed by atoms with Crippen LogP contribution < -0.4 is 4.90 Å². The van der Waals surface area contributed by atoms with Gasteiger partial charge >= 0.3 is 5.97 Å². The number of piperidine rings is 1. The SMILES string of the molecule is O=C(O)c1cnc(N2CCC(c3ccncc3)CC2)cn1. The first kappa shape index (κ1) is 13.5. The number of nitrogens with zero attached hydrogens (tertiary/aromatic N) is 4. The number of carboxylic acids is 1. The van der Waals surface area contributed by atoms with Gasteiger partial charge in [-0.15, -0.1) is 0 Å². The third-order valence-corrected chi connectivity index (χ3v) is 3.85. The molecule has 21 heavy (non-hydrogen) atoms. The Morgan fingerprint density at radius 1 is 1.14 bits per heavy atom. The van der Waals surface area contributed by atoms with Crippen LogP contribution in [0.15, 0.2) is 36.9 Å². The fourth-order valence-corrected chi connectivity index (χ4v) is 2.67. The van der Waals surface area contributed by atoms with E-state index in [1.807, 2.05) is 12.4 Å². The van der Waals surface area contributed by atoms with Gasteiger partial charge in [0.15, 0.2) is 5.69 Å². The van der Waals surface area contributed by atoms with Crippen LogP contribution in [0.25, 0.3) is 0 Å². The van der Waals surface area contributed by atoms with Crippen molar-refractivity contribution in [2.24, 2.45) is 0 Å².